The average Bonchev–Trinajstić information content (AvgIpc) is 3.11. The van der Waals surface area contributed by atoms with Crippen LogP contribution in [0.2, 0.25) is 10.0 Å². The maximum atomic E-state index is 13.1. The highest BCUT2D eigenvalue weighted by Gasteiger charge is 2.24. The first-order valence-electron chi connectivity index (χ1n) is 10.3. The molecule has 5 nitrogen and oxygen atoms in total. The van der Waals surface area contributed by atoms with Gasteiger partial charge in [0.2, 0.25) is 5.91 Å². The van der Waals surface area contributed by atoms with Gasteiger partial charge >= 0.3 is 0 Å². The number of carbonyl (C=O) groups is 2. The minimum Gasteiger partial charge on any atom is -0.366 e. The summed E-state index contributed by atoms with van der Waals surface area (Å²) in [6.45, 7) is 4.74. The number of rotatable bonds is 5. The number of nitrogens with zero attached hydrogens (tertiary/aromatic N) is 2. The number of benzene rings is 2. The van der Waals surface area contributed by atoms with Crippen molar-refractivity contribution in [2.75, 3.05) is 36.4 Å². The summed E-state index contributed by atoms with van der Waals surface area (Å²) >= 11 is 14.1. The molecule has 2 aromatic carbocycles. The molecule has 0 saturated carbocycles. The first kappa shape index (κ1) is 21.9. The summed E-state index contributed by atoms with van der Waals surface area (Å²) in [5.41, 5.74) is 1.52. The number of fused-ring (bicyclic) bond motifs is 1. The van der Waals surface area contributed by atoms with Gasteiger partial charge in [0.1, 0.15) is 4.88 Å². The third kappa shape index (κ3) is 4.66. The van der Waals surface area contributed by atoms with Gasteiger partial charge in [-0.25, -0.2) is 0 Å². The number of amides is 2. The van der Waals surface area contributed by atoms with Crippen LogP contribution in [0.5, 0.6) is 0 Å². The molecule has 0 atom stereocenters. The predicted octanol–water partition coefficient (Wildman–Crippen LogP) is 5.91. The van der Waals surface area contributed by atoms with Gasteiger partial charge in [0.15, 0.2) is 0 Å². The maximum Gasteiger partial charge on any atom is 0.267 e. The Morgan fingerprint density at radius 3 is 2.52 bits per heavy atom. The van der Waals surface area contributed by atoms with Crippen LogP contribution in [0.3, 0.4) is 0 Å². The fourth-order valence-corrected chi connectivity index (χ4v) is 5.38. The van der Waals surface area contributed by atoms with Gasteiger partial charge in [-0.1, -0.05) is 48.3 Å². The Bertz CT molecular complexity index is 1120. The zero-order valence-electron chi connectivity index (χ0n) is 17.2. The molecule has 1 aromatic heterocycles. The van der Waals surface area contributed by atoms with E-state index < -0.39 is 0 Å². The van der Waals surface area contributed by atoms with Gasteiger partial charge in [0.05, 0.1) is 16.4 Å². The highest BCUT2D eigenvalue weighted by Crippen LogP contribution is 2.37. The van der Waals surface area contributed by atoms with E-state index in [1.54, 1.807) is 6.07 Å². The van der Waals surface area contributed by atoms with Crippen molar-refractivity contribution in [1.82, 2.24) is 4.90 Å². The Kier molecular flexibility index (Phi) is 6.70. The minimum atomic E-state index is -0.258. The van der Waals surface area contributed by atoms with Gasteiger partial charge in [0, 0.05) is 47.7 Å². The molecule has 31 heavy (non-hydrogen) atoms. The molecule has 0 radical (unpaired) electrons. The second kappa shape index (κ2) is 9.47. The molecule has 4 rings (SSSR count). The van der Waals surface area contributed by atoms with Crippen LogP contribution < -0.4 is 10.2 Å². The zero-order chi connectivity index (χ0) is 22.0. The monoisotopic (exact) mass is 475 g/mol. The molecule has 0 spiro atoms. The SMILES string of the molecule is CCCC(=O)N1CCN(c2ccc(Cl)cc2NC(=O)c2sc3ccccc3c2Cl)CC1. The molecule has 162 valence electrons. The molecule has 1 fully saturated rings. The Morgan fingerprint density at radius 1 is 1.06 bits per heavy atom. The fraction of sp³-hybridized carbons (Fsp3) is 0.304. The molecular formula is C23H23Cl2N3O2S. The minimum absolute atomic E-state index is 0.200. The van der Waals surface area contributed by atoms with E-state index in [1.165, 1.54) is 11.3 Å². The summed E-state index contributed by atoms with van der Waals surface area (Å²) in [5, 5.41) is 4.88. The van der Waals surface area contributed by atoms with Crippen LogP contribution in [0.4, 0.5) is 11.4 Å². The molecule has 1 N–H and O–H groups in total. The maximum absolute atomic E-state index is 13.1. The third-order valence-electron chi connectivity index (χ3n) is 5.38. The quantitative estimate of drug-likeness (QED) is 0.498. The molecule has 1 saturated heterocycles. The van der Waals surface area contributed by atoms with Gasteiger partial charge < -0.3 is 15.1 Å². The van der Waals surface area contributed by atoms with Crippen molar-refractivity contribution in [1.29, 1.82) is 0 Å². The number of nitrogens with one attached hydrogen (secondary N) is 1. The summed E-state index contributed by atoms with van der Waals surface area (Å²) in [7, 11) is 0. The van der Waals surface area contributed by atoms with Crippen molar-refractivity contribution in [3.63, 3.8) is 0 Å². The van der Waals surface area contributed by atoms with Gasteiger partial charge in [0.25, 0.3) is 5.91 Å². The number of halogens is 2. The van der Waals surface area contributed by atoms with Crippen LogP contribution in [-0.2, 0) is 4.79 Å². The first-order valence-corrected chi connectivity index (χ1v) is 11.9. The molecule has 8 heteroatoms. The molecule has 0 unspecified atom stereocenters. The van der Waals surface area contributed by atoms with Crippen LogP contribution in [0.25, 0.3) is 10.1 Å². The Hall–Kier alpha value is -2.28. The molecule has 1 aliphatic heterocycles. The largest absolute Gasteiger partial charge is 0.366 e. The van der Waals surface area contributed by atoms with Gasteiger partial charge in [-0.05, 0) is 30.7 Å². The van der Waals surface area contributed by atoms with Crippen molar-refractivity contribution in [3.8, 4) is 0 Å². The average molecular weight is 476 g/mol. The molecule has 3 aromatic rings. The Labute approximate surface area is 195 Å². The lowest BCUT2D eigenvalue weighted by Crippen LogP contribution is -2.48. The van der Waals surface area contributed by atoms with Crippen LogP contribution in [-0.4, -0.2) is 42.9 Å². The molecule has 1 aliphatic rings. The summed E-state index contributed by atoms with van der Waals surface area (Å²) in [6, 6.07) is 13.2. The highest BCUT2D eigenvalue weighted by atomic mass is 35.5. The number of carbonyl (C=O) groups excluding carboxylic acids is 2. The number of anilines is 2. The molecular weight excluding hydrogens is 453 g/mol. The van der Waals surface area contributed by atoms with Crippen LogP contribution >= 0.6 is 34.5 Å². The van der Waals surface area contributed by atoms with E-state index in [0.29, 0.717) is 53.2 Å². The standard InChI is InChI=1S/C23H23Cl2N3O2S/c1-2-5-20(29)28-12-10-27(11-13-28)18-9-8-15(24)14-17(18)26-23(30)22-21(25)16-6-3-4-7-19(16)31-22/h3-4,6-9,14H,2,5,10-13H2,1H3,(H,26,30). The first-order chi connectivity index (χ1) is 15.0. The van der Waals surface area contributed by atoms with Crippen molar-refractivity contribution in [2.45, 2.75) is 19.8 Å². The van der Waals surface area contributed by atoms with Gasteiger partial charge in [-0.3, -0.25) is 9.59 Å². The van der Waals surface area contributed by atoms with Crippen LogP contribution in [0.1, 0.15) is 29.4 Å². The molecule has 2 heterocycles. The Balaban J connectivity index is 1.54. The van der Waals surface area contributed by atoms with E-state index in [2.05, 4.69) is 10.2 Å². The van der Waals surface area contributed by atoms with Crippen molar-refractivity contribution < 1.29 is 9.59 Å². The van der Waals surface area contributed by atoms with Gasteiger partial charge in [-0.15, -0.1) is 11.3 Å². The summed E-state index contributed by atoms with van der Waals surface area (Å²) in [6.07, 6.45) is 1.44. The Morgan fingerprint density at radius 2 is 1.81 bits per heavy atom. The second-order valence-corrected chi connectivity index (χ2v) is 9.34. The summed E-state index contributed by atoms with van der Waals surface area (Å²) in [5.74, 6) is -0.0577. The third-order valence-corrected chi connectivity index (χ3v) is 7.29. The number of thiophene rings is 1. The van der Waals surface area contributed by atoms with Crippen LogP contribution in [0, 0.1) is 0 Å². The normalized spacial score (nSPS) is 14.2. The molecule has 0 aliphatic carbocycles. The van der Waals surface area contributed by atoms with Crippen molar-refractivity contribution in [2.24, 2.45) is 0 Å². The second-order valence-electron chi connectivity index (χ2n) is 7.47. The topological polar surface area (TPSA) is 52.7 Å². The summed E-state index contributed by atoms with van der Waals surface area (Å²) in [4.78, 5) is 29.8. The lowest BCUT2D eigenvalue weighted by atomic mass is 10.2. The van der Waals surface area contributed by atoms with Crippen LogP contribution in [0.15, 0.2) is 42.5 Å². The van der Waals surface area contributed by atoms with E-state index in [-0.39, 0.29) is 11.8 Å². The fourth-order valence-electron chi connectivity index (χ4n) is 3.79. The van der Waals surface area contributed by atoms with E-state index in [9.17, 15) is 9.59 Å². The lowest BCUT2D eigenvalue weighted by molar-refractivity contribution is -0.131. The highest BCUT2D eigenvalue weighted by molar-refractivity contribution is 7.21. The van der Waals surface area contributed by atoms with E-state index in [1.807, 2.05) is 48.2 Å². The molecule has 2 amide bonds. The van der Waals surface area contributed by atoms with Crippen molar-refractivity contribution in [3.05, 3.63) is 57.4 Å². The zero-order valence-corrected chi connectivity index (χ0v) is 19.5. The predicted molar refractivity (Wildman–Crippen MR) is 130 cm³/mol. The number of hydrogen-bond acceptors (Lipinski definition) is 4. The van der Waals surface area contributed by atoms with E-state index in [4.69, 9.17) is 23.2 Å². The van der Waals surface area contributed by atoms with E-state index in [0.717, 1.165) is 22.2 Å². The van der Waals surface area contributed by atoms with Crippen molar-refractivity contribution >= 4 is 67.8 Å². The smallest absolute Gasteiger partial charge is 0.267 e. The molecule has 0 bridgehead atoms. The van der Waals surface area contributed by atoms with Gasteiger partial charge in [-0.2, -0.15) is 0 Å². The van der Waals surface area contributed by atoms with E-state index >= 15 is 0 Å². The number of piperazine rings is 1. The summed E-state index contributed by atoms with van der Waals surface area (Å²) < 4.78 is 0.969. The number of hydrogen-bond donors (Lipinski definition) is 1. The lowest BCUT2D eigenvalue weighted by Gasteiger charge is -2.37.